The van der Waals surface area contributed by atoms with Crippen molar-refractivity contribution in [2.24, 2.45) is 0 Å². The van der Waals surface area contributed by atoms with Crippen molar-refractivity contribution in [1.29, 1.82) is 0 Å². The second-order valence-electron chi connectivity index (χ2n) is 7.99. The second kappa shape index (κ2) is 9.46. The van der Waals surface area contributed by atoms with Gasteiger partial charge in [0, 0.05) is 57.5 Å². The zero-order valence-electron chi connectivity index (χ0n) is 18.3. The number of anilines is 4. The Morgan fingerprint density at radius 2 is 1.17 bits per heavy atom. The third-order valence-electron chi connectivity index (χ3n) is 5.33. The van der Waals surface area contributed by atoms with Crippen molar-refractivity contribution in [3.8, 4) is 0 Å². The smallest absolute Gasteiger partial charge is 0.182 e. The molecule has 0 unspecified atom stereocenters. The molecule has 29 heavy (non-hydrogen) atoms. The first-order valence-corrected chi connectivity index (χ1v) is 10.7. The number of benzene rings is 2. The molecule has 1 saturated heterocycles. The lowest BCUT2D eigenvalue weighted by atomic mass is 10.2. The van der Waals surface area contributed by atoms with Crippen molar-refractivity contribution in [3.63, 3.8) is 0 Å². The summed E-state index contributed by atoms with van der Waals surface area (Å²) in [6.45, 7) is 4.96. The molecule has 6 heteroatoms. The molecule has 0 radical (unpaired) electrons. The van der Waals surface area contributed by atoms with Crippen LogP contribution >= 0.6 is 12.2 Å². The minimum Gasteiger partial charge on any atom is -0.378 e. The van der Waals surface area contributed by atoms with Crippen LogP contribution in [0.25, 0.3) is 0 Å². The lowest BCUT2D eigenvalue weighted by molar-refractivity contribution is 0.273. The molecule has 156 valence electrons. The molecular formula is C23H33N5S. The first kappa shape index (κ1) is 21.4. The molecule has 0 amide bonds. The fraction of sp³-hybridized carbons (Fsp3) is 0.435. The summed E-state index contributed by atoms with van der Waals surface area (Å²) < 4.78 is 0. The van der Waals surface area contributed by atoms with E-state index in [1.807, 2.05) is 0 Å². The van der Waals surface area contributed by atoms with E-state index in [-0.39, 0.29) is 0 Å². The fourth-order valence-electron chi connectivity index (χ4n) is 3.48. The van der Waals surface area contributed by atoms with Crippen LogP contribution in [0, 0.1) is 0 Å². The summed E-state index contributed by atoms with van der Waals surface area (Å²) in [7, 11) is 8.25. The summed E-state index contributed by atoms with van der Waals surface area (Å²) in [4.78, 5) is 11.2. The molecule has 1 aliphatic heterocycles. The van der Waals surface area contributed by atoms with Crippen LogP contribution in [0.3, 0.4) is 0 Å². The van der Waals surface area contributed by atoms with E-state index >= 15 is 0 Å². The Morgan fingerprint density at radius 1 is 0.759 bits per heavy atom. The molecule has 1 heterocycles. The van der Waals surface area contributed by atoms with E-state index in [0.29, 0.717) is 0 Å². The minimum absolute atomic E-state index is 0.826. The van der Waals surface area contributed by atoms with E-state index in [4.69, 9.17) is 12.2 Å². The zero-order chi connectivity index (χ0) is 21.0. The Hall–Kier alpha value is -2.31. The third kappa shape index (κ3) is 5.00. The van der Waals surface area contributed by atoms with Gasteiger partial charge < -0.3 is 19.6 Å². The highest BCUT2D eigenvalue weighted by molar-refractivity contribution is 7.80. The molecule has 0 spiro atoms. The summed E-state index contributed by atoms with van der Waals surface area (Å²) in [6.07, 6.45) is 2.38. The molecule has 2 aromatic carbocycles. The van der Waals surface area contributed by atoms with Gasteiger partial charge in [-0.05, 0) is 67.2 Å². The Morgan fingerprint density at radius 3 is 1.52 bits per heavy atom. The number of thiocarbonyl (C=S) groups is 1. The molecular weight excluding hydrogens is 378 g/mol. The van der Waals surface area contributed by atoms with Gasteiger partial charge in [-0.1, -0.05) is 13.3 Å². The van der Waals surface area contributed by atoms with Gasteiger partial charge in [-0.25, -0.2) is 0 Å². The van der Waals surface area contributed by atoms with Crippen LogP contribution in [0.4, 0.5) is 22.7 Å². The molecule has 1 fully saturated rings. The van der Waals surface area contributed by atoms with Crippen LogP contribution in [0.2, 0.25) is 0 Å². The summed E-state index contributed by atoms with van der Waals surface area (Å²) >= 11 is 5.95. The number of hydrogen-bond donors (Lipinski definition) is 0. The van der Waals surface area contributed by atoms with E-state index in [0.717, 1.165) is 36.4 Å². The summed E-state index contributed by atoms with van der Waals surface area (Å²) in [5.41, 5.74) is 4.65. The first-order chi connectivity index (χ1) is 13.9. The van der Waals surface area contributed by atoms with Gasteiger partial charge in [0.1, 0.15) is 0 Å². The monoisotopic (exact) mass is 411 g/mol. The van der Waals surface area contributed by atoms with Crippen LogP contribution in [-0.2, 0) is 0 Å². The van der Waals surface area contributed by atoms with Crippen LogP contribution in [-0.4, -0.2) is 58.1 Å². The van der Waals surface area contributed by atoms with Gasteiger partial charge in [0.25, 0.3) is 0 Å². The average Bonchev–Trinajstić information content (AvgIpc) is 2.73. The lowest BCUT2D eigenvalue weighted by Crippen LogP contribution is -2.58. The van der Waals surface area contributed by atoms with Gasteiger partial charge in [-0.2, -0.15) is 0 Å². The number of unbranched alkanes of at least 4 members (excludes halogenated alkanes) is 1. The maximum Gasteiger partial charge on any atom is 0.182 e. The molecule has 0 aliphatic carbocycles. The Balaban J connectivity index is 1.88. The Kier molecular flexibility index (Phi) is 6.98. The predicted octanol–water partition coefficient (Wildman–Crippen LogP) is 4.45. The zero-order valence-corrected chi connectivity index (χ0v) is 19.1. The van der Waals surface area contributed by atoms with E-state index in [1.165, 1.54) is 24.2 Å². The van der Waals surface area contributed by atoms with E-state index in [1.54, 1.807) is 0 Å². The van der Waals surface area contributed by atoms with Crippen molar-refractivity contribution in [2.45, 2.75) is 19.8 Å². The topological polar surface area (TPSA) is 16.2 Å². The fourth-order valence-corrected chi connectivity index (χ4v) is 3.81. The lowest BCUT2D eigenvalue weighted by Gasteiger charge is -2.44. The molecule has 3 rings (SSSR count). The van der Waals surface area contributed by atoms with Crippen molar-refractivity contribution >= 4 is 40.1 Å². The predicted molar refractivity (Wildman–Crippen MR) is 130 cm³/mol. The van der Waals surface area contributed by atoms with Gasteiger partial charge in [0.2, 0.25) is 0 Å². The molecule has 0 saturated carbocycles. The van der Waals surface area contributed by atoms with E-state index in [9.17, 15) is 0 Å². The quantitative estimate of drug-likeness (QED) is 0.622. The average molecular weight is 412 g/mol. The van der Waals surface area contributed by atoms with Gasteiger partial charge in [0.05, 0.1) is 13.3 Å². The highest BCUT2D eigenvalue weighted by Gasteiger charge is 2.29. The van der Waals surface area contributed by atoms with Gasteiger partial charge in [-0.3, -0.25) is 4.90 Å². The van der Waals surface area contributed by atoms with Gasteiger partial charge in [-0.15, -0.1) is 0 Å². The van der Waals surface area contributed by atoms with Crippen molar-refractivity contribution in [3.05, 3.63) is 48.5 Å². The van der Waals surface area contributed by atoms with Crippen LogP contribution < -0.4 is 19.6 Å². The number of hydrogen-bond acceptors (Lipinski definition) is 4. The molecule has 1 aliphatic rings. The minimum atomic E-state index is 0.826. The second-order valence-corrected chi connectivity index (χ2v) is 8.36. The molecule has 5 nitrogen and oxygen atoms in total. The number of nitrogens with zero attached hydrogens (tertiary/aromatic N) is 5. The normalized spacial score (nSPS) is 15.0. The largest absolute Gasteiger partial charge is 0.378 e. The SMILES string of the molecule is CCCCN1CN(c2ccc(N(C)C)cc2)C(=S)N(c2ccc(N(C)C)cc2)C1. The summed E-state index contributed by atoms with van der Waals surface area (Å²) in [5, 5.41) is 0.855. The highest BCUT2D eigenvalue weighted by Crippen LogP contribution is 2.28. The standard InChI is InChI=1S/C23H33N5S/c1-6-7-16-26-17-27(21-12-8-19(9-13-21)24(2)3)23(29)28(18-26)22-14-10-20(11-15-22)25(4)5/h8-15H,6-7,16-18H2,1-5H3. The molecule has 2 aromatic rings. The summed E-state index contributed by atoms with van der Waals surface area (Å²) in [5.74, 6) is 0. The van der Waals surface area contributed by atoms with Crippen LogP contribution in [0.15, 0.2) is 48.5 Å². The van der Waals surface area contributed by atoms with Gasteiger partial charge >= 0.3 is 0 Å². The molecule has 0 atom stereocenters. The number of rotatable bonds is 7. The van der Waals surface area contributed by atoms with Crippen molar-refractivity contribution in [1.82, 2.24) is 4.90 Å². The van der Waals surface area contributed by atoms with Crippen molar-refractivity contribution < 1.29 is 0 Å². The Bertz CT molecular complexity index is 738. The van der Waals surface area contributed by atoms with E-state index in [2.05, 4.69) is 108 Å². The third-order valence-corrected chi connectivity index (χ3v) is 5.77. The molecule has 0 aromatic heterocycles. The highest BCUT2D eigenvalue weighted by atomic mass is 32.1. The van der Waals surface area contributed by atoms with E-state index < -0.39 is 0 Å². The van der Waals surface area contributed by atoms with Crippen LogP contribution in [0.5, 0.6) is 0 Å². The van der Waals surface area contributed by atoms with Gasteiger partial charge in [0.15, 0.2) is 5.11 Å². The first-order valence-electron chi connectivity index (χ1n) is 10.3. The van der Waals surface area contributed by atoms with Crippen LogP contribution in [0.1, 0.15) is 19.8 Å². The van der Waals surface area contributed by atoms with Crippen molar-refractivity contribution in [2.75, 3.05) is 67.7 Å². The maximum absolute atomic E-state index is 5.95. The summed E-state index contributed by atoms with van der Waals surface area (Å²) in [6, 6.07) is 17.3. The Labute approximate surface area is 181 Å². The maximum atomic E-state index is 5.95. The molecule has 0 bridgehead atoms. The molecule has 0 N–H and O–H groups in total.